The molecule has 1 aliphatic rings. The molecule has 5 heteroatoms. The Morgan fingerprint density at radius 1 is 1.67 bits per heavy atom. The van der Waals surface area contributed by atoms with E-state index < -0.39 is 11.7 Å². The van der Waals surface area contributed by atoms with Crippen LogP contribution < -0.4 is 5.73 Å². The summed E-state index contributed by atoms with van der Waals surface area (Å²) in [6.07, 6.45) is 0.436. The largest absolute Gasteiger partial charge is 0.465 e. The Morgan fingerprint density at radius 2 is 2.25 bits per heavy atom. The van der Waals surface area contributed by atoms with Gasteiger partial charge in [-0.2, -0.15) is 10.2 Å². The predicted octanol–water partition coefficient (Wildman–Crippen LogP) is 0.449. The maximum Gasteiger partial charge on any atom is 0.323 e. The fourth-order valence-corrected chi connectivity index (χ4v) is 0.916. The highest BCUT2D eigenvalue weighted by Gasteiger charge is 2.38. The van der Waals surface area contributed by atoms with E-state index in [0.29, 0.717) is 13.0 Å². The van der Waals surface area contributed by atoms with Crippen molar-refractivity contribution in [3.05, 3.63) is 0 Å². The molecule has 0 fully saturated rings. The Balaban J connectivity index is 2.27. The Hall–Kier alpha value is -0.970. The number of carbonyl (C=O) groups excluding carboxylic acids is 1. The molecule has 2 N–H and O–H groups in total. The Bertz CT molecular complexity index is 209. The zero-order chi connectivity index (χ0) is 9.19. The van der Waals surface area contributed by atoms with Crippen molar-refractivity contribution in [3.8, 4) is 0 Å². The van der Waals surface area contributed by atoms with Crippen LogP contribution in [0, 0.1) is 0 Å². The van der Waals surface area contributed by atoms with Crippen LogP contribution in [-0.2, 0) is 9.53 Å². The molecule has 0 radical (unpaired) electrons. The van der Waals surface area contributed by atoms with Crippen LogP contribution in [-0.4, -0.2) is 24.3 Å². The van der Waals surface area contributed by atoms with E-state index in [0.717, 1.165) is 0 Å². The molecule has 0 aliphatic carbocycles. The van der Waals surface area contributed by atoms with Gasteiger partial charge in [0.2, 0.25) is 0 Å². The first-order chi connectivity index (χ1) is 5.57. The smallest absolute Gasteiger partial charge is 0.323 e. The molecule has 1 aliphatic heterocycles. The minimum absolute atomic E-state index is 0.359. The van der Waals surface area contributed by atoms with E-state index in [4.69, 9.17) is 10.5 Å². The van der Waals surface area contributed by atoms with Gasteiger partial charge in [-0.3, -0.25) is 4.79 Å². The Kier molecular flexibility index (Phi) is 2.42. The molecule has 5 nitrogen and oxygen atoms in total. The van der Waals surface area contributed by atoms with Crippen LogP contribution in [0.5, 0.6) is 0 Å². The van der Waals surface area contributed by atoms with E-state index in [1.807, 2.05) is 6.92 Å². The van der Waals surface area contributed by atoms with Gasteiger partial charge in [-0.15, -0.1) is 0 Å². The van der Waals surface area contributed by atoms with Crippen LogP contribution in [0.3, 0.4) is 0 Å². The number of hydrogen-bond donors (Lipinski definition) is 1. The van der Waals surface area contributed by atoms with Crippen LogP contribution in [0.25, 0.3) is 0 Å². The van der Waals surface area contributed by atoms with Crippen LogP contribution >= 0.6 is 0 Å². The van der Waals surface area contributed by atoms with Crippen molar-refractivity contribution in [2.45, 2.75) is 32.0 Å². The first-order valence-corrected chi connectivity index (χ1v) is 3.94. The molecule has 0 bridgehead atoms. The molecule has 0 spiro atoms. The topological polar surface area (TPSA) is 77.0 Å². The number of hydrogen-bond acceptors (Lipinski definition) is 5. The number of ether oxygens (including phenoxy) is 1. The standard InChI is InChI=1S/C7H13N3O2/c1-3-12-6(11)5(8)4-7(2)9-10-7/h5H,3-4,8H2,1-2H3/t5-/m1/s1. The molecule has 0 saturated carbocycles. The molecule has 0 aromatic carbocycles. The minimum Gasteiger partial charge on any atom is -0.465 e. The van der Waals surface area contributed by atoms with E-state index in [1.165, 1.54) is 0 Å². The van der Waals surface area contributed by atoms with Crippen LogP contribution in [0.2, 0.25) is 0 Å². The molecule has 12 heavy (non-hydrogen) atoms. The maximum absolute atomic E-state index is 11.0. The molecule has 1 atom stereocenters. The van der Waals surface area contributed by atoms with Gasteiger partial charge in [-0.05, 0) is 13.8 Å². The number of rotatable bonds is 4. The Labute approximate surface area is 71.0 Å². The van der Waals surface area contributed by atoms with Gasteiger partial charge in [-0.1, -0.05) is 0 Å². The quantitative estimate of drug-likeness (QED) is 0.624. The summed E-state index contributed by atoms with van der Waals surface area (Å²) >= 11 is 0. The van der Waals surface area contributed by atoms with Crippen LogP contribution in [0.15, 0.2) is 10.2 Å². The lowest BCUT2D eigenvalue weighted by atomic mass is 10.1. The van der Waals surface area contributed by atoms with Crippen LogP contribution in [0.1, 0.15) is 20.3 Å². The SMILES string of the molecule is CCOC(=O)[C@H](N)CC1(C)N=N1. The monoisotopic (exact) mass is 171 g/mol. The molecule has 0 aromatic rings. The summed E-state index contributed by atoms with van der Waals surface area (Å²) in [5.41, 5.74) is 5.11. The van der Waals surface area contributed by atoms with Crippen molar-refractivity contribution >= 4 is 5.97 Å². The highest BCUT2D eigenvalue weighted by Crippen LogP contribution is 2.31. The first-order valence-electron chi connectivity index (χ1n) is 3.94. The van der Waals surface area contributed by atoms with E-state index in [2.05, 4.69) is 10.2 Å². The summed E-state index contributed by atoms with van der Waals surface area (Å²) in [5, 5.41) is 7.51. The molecule has 1 rings (SSSR count). The fourth-order valence-electron chi connectivity index (χ4n) is 0.916. The zero-order valence-corrected chi connectivity index (χ0v) is 7.28. The number of carbonyl (C=O) groups is 1. The van der Waals surface area contributed by atoms with E-state index in [1.54, 1.807) is 6.92 Å². The lowest BCUT2D eigenvalue weighted by molar-refractivity contribution is -0.145. The van der Waals surface area contributed by atoms with Gasteiger partial charge in [0.25, 0.3) is 0 Å². The summed E-state index contributed by atoms with van der Waals surface area (Å²) < 4.78 is 4.73. The molecule has 0 aromatic heterocycles. The lowest BCUT2D eigenvalue weighted by Gasteiger charge is -2.11. The molecule has 68 valence electrons. The molecular weight excluding hydrogens is 158 g/mol. The molecule has 0 unspecified atom stereocenters. The summed E-state index contributed by atoms with van der Waals surface area (Å²) in [6, 6.07) is -0.607. The van der Waals surface area contributed by atoms with E-state index >= 15 is 0 Å². The third-order valence-electron chi connectivity index (χ3n) is 1.64. The summed E-state index contributed by atoms with van der Waals surface area (Å²) in [7, 11) is 0. The number of nitrogens with zero attached hydrogens (tertiary/aromatic N) is 2. The summed E-state index contributed by atoms with van der Waals surface area (Å²) in [4.78, 5) is 11.0. The average molecular weight is 171 g/mol. The van der Waals surface area contributed by atoms with Crippen molar-refractivity contribution in [2.24, 2.45) is 16.0 Å². The predicted molar refractivity (Wildman–Crippen MR) is 42.5 cm³/mol. The number of nitrogens with two attached hydrogens (primary N) is 1. The second-order valence-corrected chi connectivity index (χ2v) is 2.98. The van der Waals surface area contributed by atoms with Gasteiger partial charge < -0.3 is 10.5 Å². The lowest BCUT2D eigenvalue weighted by Crippen LogP contribution is -2.36. The van der Waals surface area contributed by atoms with Gasteiger partial charge >= 0.3 is 5.97 Å². The fraction of sp³-hybridized carbons (Fsp3) is 0.857. The highest BCUT2D eigenvalue weighted by atomic mass is 16.5. The highest BCUT2D eigenvalue weighted by molar-refractivity contribution is 5.75. The van der Waals surface area contributed by atoms with Gasteiger partial charge in [0.05, 0.1) is 6.61 Å². The van der Waals surface area contributed by atoms with Crippen molar-refractivity contribution in [1.29, 1.82) is 0 Å². The molecule has 0 amide bonds. The van der Waals surface area contributed by atoms with E-state index in [-0.39, 0.29) is 5.97 Å². The number of esters is 1. The van der Waals surface area contributed by atoms with Crippen molar-refractivity contribution in [2.75, 3.05) is 6.61 Å². The van der Waals surface area contributed by atoms with Gasteiger partial charge in [0, 0.05) is 6.42 Å². The zero-order valence-electron chi connectivity index (χ0n) is 7.28. The molecule has 0 saturated heterocycles. The van der Waals surface area contributed by atoms with Crippen LogP contribution in [0.4, 0.5) is 0 Å². The van der Waals surface area contributed by atoms with E-state index in [9.17, 15) is 4.79 Å². The normalized spacial score (nSPS) is 20.2. The minimum atomic E-state index is -0.607. The summed E-state index contributed by atoms with van der Waals surface area (Å²) in [5.74, 6) is -0.379. The second-order valence-electron chi connectivity index (χ2n) is 2.98. The average Bonchev–Trinajstić information content (AvgIpc) is 2.68. The maximum atomic E-state index is 11.0. The van der Waals surface area contributed by atoms with Crippen molar-refractivity contribution in [3.63, 3.8) is 0 Å². The first kappa shape index (κ1) is 9.12. The molecule has 1 heterocycles. The Morgan fingerprint density at radius 3 is 2.67 bits per heavy atom. The third-order valence-corrected chi connectivity index (χ3v) is 1.64. The molecular formula is C7H13N3O2. The van der Waals surface area contributed by atoms with Crippen molar-refractivity contribution < 1.29 is 9.53 Å². The van der Waals surface area contributed by atoms with Gasteiger partial charge in [0.15, 0.2) is 5.66 Å². The van der Waals surface area contributed by atoms with Gasteiger partial charge in [0.1, 0.15) is 6.04 Å². The second kappa shape index (κ2) is 3.18. The van der Waals surface area contributed by atoms with Crippen molar-refractivity contribution in [1.82, 2.24) is 0 Å². The summed E-state index contributed by atoms with van der Waals surface area (Å²) in [6.45, 7) is 3.93. The third kappa shape index (κ3) is 2.27. The van der Waals surface area contributed by atoms with Gasteiger partial charge in [-0.25, -0.2) is 0 Å².